The molecule has 0 radical (unpaired) electrons. The van der Waals surface area contributed by atoms with Gasteiger partial charge in [0.2, 0.25) is 0 Å². The topological polar surface area (TPSA) is 34.1 Å². The highest BCUT2D eigenvalue weighted by Crippen LogP contribution is 2.37. The number of carbonyl (C=O) groups excluding carboxylic acids is 2. The minimum atomic E-state index is -4.52. The van der Waals surface area contributed by atoms with E-state index >= 15 is 0 Å². The van der Waals surface area contributed by atoms with Gasteiger partial charge in [-0.15, -0.1) is 0 Å². The third-order valence-corrected chi connectivity index (χ3v) is 4.08. The molecule has 1 aliphatic carbocycles. The molecule has 2 nitrogen and oxygen atoms in total. The Morgan fingerprint density at radius 2 is 1.59 bits per heavy atom. The van der Waals surface area contributed by atoms with Crippen molar-refractivity contribution in [3.63, 3.8) is 0 Å². The third-order valence-electron chi connectivity index (χ3n) is 3.58. The molecule has 0 bridgehead atoms. The molecule has 22 heavy (non-hydrogen) atoms. The van der Waals surface area contributed by atoms with Crippen LogP contribution in [-0.4, -0.2) is 11.6 Å². The molecule has 2 aromatic carbocycles. The molecule has 0 saturated carbocycles. The predicted molar refractivity (Wildman–Crippen MR) is 77.0 cm³/mol. The quantitative estimate of drug-likeness (QED) is 0.687. The largest absolute Gasteiger partial charge is 0.416 e. The van der Waals surface area contributed by atoms with Crippen molar-refractivity contribution in [2.45, 2.75) is 12.1 Å². The van der Waals surface area contributed by atoms with Gasteiger partial charge in [-0.2, -0.15) is 13.2 Å². The maximum absolute atomic E-state index is 12.8. The average molecular weight is 369 g/mol. The predicted octanol–water partition coefficient (Wildman–Crippen LogP) is 4.63. The van der Waals surface area contributed by atoms with Crippen molar-refractivity contribution in [3.05, 3.63) is 69.2 Å². The Kier molecular flexibility index (Phi) is 3.44. The van der Waals surface area contributed by atoms with Crippen molar-refractivity contribution >= 4 is 27.5 Å². The van der Waals surface area contributed by atoms with Crippen molar-refractivity contribution in [1.29, 1.82) is 0 Å². The van der Waals surface area contributed by atoms with Crippen molar-refractivity contribution in [3.8, 4) is 0 Å². The summed E-state index contributed by atoms with van der Waals surface area (Å²) in [6.45, 7) is 0. The number of hydrogen-bond donors (Lipinski definition) is 0. The summed E-state index contributed by atoms with van der Waals surface area (Å²) in [5, 5.41) is 0. The molecule has 1 atom stereocenters. The minimum Gasteiger partial charge on any atom is -0.293 e. The van der Waals surface area contributed by atoms with E-state index in [9.17, 15) is 22.8 Å². The van der Waals surface area contributed by atoms with Crippen molar-refractivity contribution in [1.82, 2.24) is 0 Å². The Morgan fingerprint density at radius 1 is 0.909 bits per heavy atom. The summed E-state index contributed by atoms with van der Waals surface area (Å²) < 4.78 is 39.0. The van der Waals surface area contributed by atoms with Gasteiger partial charge in [-0.3, -0.25) is 9.59 Å². The molecule has 3 rings (SSSR count). The van der Waals surface area contributed by atoms with Crippen LogP contribution in [0.1, 0.15) is 37.8 Å². The summed E-state index contributed by atoms with van der Waals surface area (Å²) >= 11 is 3.21. The fourth-order valence-corrected chi connectivity index (χ4v) is 2.92. The van der Waals surface area contributed by atoms with Gasteiger partial charge < -0.3 is 0 Å². The summed E-state index contributed by atoms with van der Waals surface area (Å²) in [5.41, 5.74) is -0.322. The van der Waals surface area contributed by atoms with Crippen molar-refractivity contribution in [2.24, 2.45) is 0 Å². The number of hydrogen-bond acceptors (Lipinski definition) is 2. The van der Waals surface area contributed by atoms with E-state index < -0.39 is 29.2 Å². The van der Waals surface area contributed by atoms with Crippen LogP contribution >= 0.6 is 15.9 Å². The lowest BCUT2D eigenvalue weighted by Crippen LogP contribution is -2.14. The van der Waals surface area contributed by atoms with Crippen molar-refractivity contribution in [2.75, 3.05) is 0 Å². The summed E-state index contributed by atoms with van der Waals surface area (Å²) in [5.74, 6) is -2.14. The number of halogens is 4. The second kappa shape index (κ2) is 5.05. The van der Waals surface area contributed by atoms with E-state index in [0.717, 1.165) is 12.1 Å². The number of Topliss-reactive ketones (excluding diaryl/α,β-unsaturated/α-hetero) is 2. The number of alkyl halides is 3. The first-order chi connectivity index (χ1) is 10.3. The molecule has 0 saturated heterocycles. The van der Waals surface area contributed by atoms with Gasteiger partial charge in [0.15, 0.2) is 11.6 Å². The lowest BCUT2D eigenvalue weighted by molar-refractivity contribution is -0.137. The maximum atomic E-state index is 12.8. The molecule has 0 amide bonds. The van der Waals surface area contributed by atoms with Gasteiger partial charge in [0.1, 0.15) is 5.92 Å². The van der Waals surface area contributed by atoms with E-state index in [-0.39, 0.29) is 16.7 Å². The highest BCUT2D eigenvalue weighted by molar-refractivity contribution is 9.10. The number of fused-ring (bicyclic) bond motifs is 1. The van der Waals surface area contributed by atoms with Crippen LogP contribution in [0.15, 0.2) is 46.9 Å². The summed E-state index contributed by atoms with van der Waals surface area (Å²) in [7, 11) is 0. The van der Waals surface area contributed by atoms with Gasteiger partial charge in [0.25, 0.3) is 0 Å². The van der Waals surface area contributed by atoms with Crippen LogP contribution in [0, 0.1) is 0 Å². The molecule has 1 aliphatic rings. The molecule has 0 heterocycles. The zero-order valence-corrected chi connectivity index (χ0v) is 12.5. The van der Waals surface area contributed by atoms with E-state index in [1.807, 2.05) is 0 Å². The lowest BCUT2D eigenvalue weighted by atomic mass is 9.93. The van der Waals surface area contributed by atoms with E-state index in [1.165, 1.54) is 24.3 Å². The third kappa shape index (κ3) is 2.37. The molecule has 0 aliphatic heterocycles. The number of benzene rings is 2. The Bertz CT molecular complexity index is 796. The normalized spacial score (nSPS) is 17.7. The SMILES string of the molecule is O=C1c2ccc(Br)cc2C(=O)C1c1cccc(C(F)(F)F)c1. The van der Waals surface area contributed by atoms with Crippen LogP contribution in [0.25, 0.3) is 0 Å². The first-order valence-electron chi connectivity index (χ1n) is 6.34. The molecule has 1 unspecified atom stereocenters. The summed E-state index contributed by atoms with van der Waals surface area (Å²) in [6, 6.07) is 9.00. The van der Waals surface area contributed by atoms with Gasteiger partial charge in [0, 0.05) is 15.6 Å². The van der Waals surface area contributed by atoms with E-state index in [4.69, 9.17) is 0 Å². The van der Waals surface area contributed by atoms with Gasteiger partial charge >= 0.3 is 6.18 Å². The second-order valence-corrected chi connectivity index (χ2v) is 5.89. The van der Waals surface area contributed by atoms with Crippen LogP contribution in [0.2, 0.25) is 0 Å². The summed E-state index contributed by atoms with van der Waals surface area (Å²) in [6.07, 6.45) is -4.52. The van der Waals surface area contributed by atoms with Crippen LogP contribution in [-0.2, 0) is 6.18 Å². The minimum absolute atomic E-state index is 0.0668. The van der Waals surface area contributed by atoms with Crippen LogP contribution in [0.4, 0.5) is 13.2 Å². The number of ketones is 2. The van der Waals surface area contributed by atoms with E-state index in [0.29, 0.717) is 4.47 Å². The van der Waals surface area contributed by atoms with Gasteiger partial charge in [0.05, 0.1) is 5.56 Å². The lowest BCUT2D eigenvalue weighted by Gasteiger charge is -2.11. The first kappa shape index (κ1) is 15.0. The molecular weight excluding hydrogens is 361 g/mol. The first-order valence-corrected chi connectivity index (χ1v) is 7.13. The fraction of sp³-hybridized carbons (Fsp3) is 0.125. The molecule has 0 aromatic heterocycles. The molecule has 0 N–H and O–H groups in total. The number of carbonyl (C=O) groups is 2. The molecule has 0 fully saturated rings. The molecular formula is C16H8BrF3O2. The zero-order valence-electron chi connectivity index (χ0n) is 10.9. The van der Waals surface area contributed by atoms with Crippen LogP contribution in [0.3, 0.4) is 0 Å². The zero-order chi connectivity index (χ0) is 16.1. The van der Waals surface area contributed by atoms with Crippen LogP contribution < -0.4 is 0 Å². The Labute approximate surface area is 132 Å². The Balaban J connectivity index is 2.08. The smallest absolute Gasteiger partial charge is 0.293 e. The number of rotatable bonds is 1. The molecule has 6 heteroatoms. The van der Waals surface area contributed by atoms with Crippen molar-refractivity contribution < 1.29 is 22.8 Å². The maximum Gasteiger partial charge on any atom is 0.416 e. The summed E-state index contributed by atoms with van der Waals surface area (Å²) in [4.78, 5) is 24.8. The monoisotopic (exact) mass is 368 g/mol. The Hall–Kier alpha value is -1.95. The van der Waals surface area contributed by atoms with Gasteiger partial charge in [-0.05, 0) is 29.8 Å². The van der Waals surface area contributed by atoms with E-state index in [1.54, 1.807) is 6.07 Å². The van der Waals surface area contributed by atoms with E-state index in [2.05, 4.69) is 15.9 Å². The fourth-order valence-electron chi connectivity index (χ4n) is 2.56. The van der Waals surface area contributed by atoms with Gasteiger partial charge in [-0.1, -0.05) is 34.1 Å². The average Bonchev–Trinajstić information content (AvgIpc) is 2.69. The highest BCUT2D eigenvalue weighted by atomic mass is 79.9. The standard InChI is InChI=1S/C16H8BrF3O2/c17-10-4-5-11-12(7-10)15(22)13(14(11)21)8-2-1-3-9(6-8)16(18,19)20/h1-7,13H. The molecule has 2 aromatic rings. The Morgan fingerprint density at radius 3 is 2.27 bits per heavy atom. The highest BCUT2D eigenvalue weighted by Gasteiger charge is 2.40. The second-order valence-electron chi connectivity index (χ2n) is 4.97. The van der Waals surface area contributed by atoms with Gasteiger partial charge in [-0.25, -0.2) is 0 Å². The molecule has 112 valence electrons. The van der Waals surface area contributed by atoms with Crippen LogP contribution in [0.5, 0.6) is 0 Å². The molecule has 0 spiro atoms.